The molecule has 0 bridgehead atoms. The first-order valence-corrected chi connectivity index (χ1v) is 10.5. The number of nitrogens with two attached hydrogens (primary N) is 1. The summed E-state index contributed by atoms with van der Waals surface area (Å²) in [6.07, 6.45) is 4.92. The van der Waals surface area contributed by atoms with Gasteiger partial charge >= 0.3 is 5.97 Å². The summed E-state index contributed by atoms with van der Waals surface area (Å²) in [5, 5.41) is 14.2. The number of likely N-dealkylation sites (tertiary alicyclic amines) is 1. The molecule has 11 nitrogen and oxygen atoms in total. The number of nitrogens with zero attached hydrogens (tertiary/aromatic N) is 2. The average molecular weight is 437 g/mol. The molecule has 11 heteroatoms. The standard InChI is InChI=1S/C20H32N6O5/c1-4-11(2)16(21)18(28)25-14(8-13-9-22-10-23-13)19(29)26-7-5-6-15(26)17(27)24-12(3)20(30)31/h9-12,14-16H,4-8,21H2,1-3H3,(H,22,23)(H,24,27)(H,25,28)(H,30,31). The number of H-pyrrole nitrogens is 1. The van der Waals surface area contributed by atoms with Gasteiger partial charge in [0.05, 0.1) is 12.4 Å². The smallest absolute Gasteiger partial charge is 0.325 e. The summed E-state index contributed by atoms with van der Waals surface area (Å²) >= 11 is 0. The van der Waals surface area contributed by atoms with E-state index in [1.807, 2.05) is 13.8 Å². The number of amides is 3. The van der Waals surface area contributed by atoms with Gasteiger partial charge in [-0.15, -0.1) is 0 Å². The Kier molecular flexibility index (Phi) is 8.55. The second-order valence-corrected chi connectivity index (χ2v) is 8.01. The van der Waals surface area contributed by atoms with E-state index in [-0.39, 0.29) is 12.3 Å². The fourth-order valence-corrected chi connectivity index (χ4v) is 3.47. The Hall–Kier alpha value is -2.95. The molecule has 31 heavy (non-hydrogen) atoms. The molecule has 0 aliphatic carbocycles. The lowest BCUT2D eigenvalue weighted by Gasteiger charge is -2.30. The molecule has 172 valence electrons. The van der Waals surface area contributed by atoms with Crippen LogP contribution in [0.25, 0.3) is 0 Å². The summed E-state index contributed by atoms with van der Waals surface area (Å²) in [7, 11) is 0. The highest BCUT2D eigenvalue weighted by atomic mass is 16.4. The van der Waals surface area contributed by atoms with E-state index in [1.165, 1.54) is 18.2 Å². The molecule has 0 saturated carbocycles. The van der Waals surface area contributed by atoms with Gasteiger partial charge in [0.25, 0.3) is 0 Å². The summed E-state index contributed by atoms with van der Waals surface area (Å²) < 4.78 is 0. The number of carboxylic acid groups (broad SMARTS) is 1. The van der Waals surface area contributed by atoms with Crippen molar-refractivity contribution in [2.75, 3.05) is 6.54 Å². The number of hydrogen-bond acceptors (Lipinski definition) is 6. The highest BCUT2D eigenvalue weighted by Gasteiger charge is 2.39. The predicted octanol–water partition coefficient (Wildman–Crippen LogP) is -0.609. The van der Waals surface area contributed by atoms with Crippen molar-refractivity contribution in [3.8, 4) is 0 Å². The van der Waals surface area contributed by atoms with E-state index in [0.29, 0.717) is 31.5 Å². The fourth-order valence-electron chi connectivity index (χ4n) is 3.47. The highest BCUT2D eigenvalue weighted by molar-refractivity contribution is 5.94. The van der Waals surface area contributed by atoms with Gasteiger partial charge in [-0.3, -0.25) is 19.2 Å². The molecule has 2 heterocycles. The fraction of sp³-hybridized carbons (Fsp3) is 0.650. The first-order chi connectivity index (χ1) is 14.6. The van der Waals surface area contributed by atoms with Crippen molar-refractivity contribution in [3.05, 3.63) is 18.2 Å². The third kappa shape index (κ3) is 6.27. The third-order valence-electron chi connectivity index (χ3n) is 5.72. The Bertz CT molecular complexity index is 783. The van der Waals surface area contributed by atoms with E-state index in [0.717, 1.165) is 0 Å². The maximum absolute atomic E-state index is 13.3. The molecular formula is C20H32N6O5. The minimum Gasteiger partial charge on any atom is -0.480 e. The monoisotopic (exact) mass is 436 g/mol. The van der Waals surface area contributed by atoms with E-state index < -0.39 is 47.9 Å². The first kappa shape index (κ1) is 24.3. The van der Waals surface area contributed by atoms with E-state index in [4.69, 9.17) is 10.8 Å². The van der Waals surface area contributed by atoms with Gasteiger partial charge in [-0.1, -0.05) is 20.3 Å². The van der Waals surface area contributed by atoms with Crippen LogP contribution in [0.5, 0.6) is 0 Å². The average Bonchev–Trinajstić information content (AvgIpc) is 3.43. The van der Waals surface area contributed by atoms with Gasteiger partial charge in [0, 0.05) is 24.9 Å². The Morgan fingerprint density at radius 3 is 2.61 bits per heavy atom. The minimum absolute atomic E-state index is 0.0641. The number of aromatic nitrogens is 2. The summed E-state index contributed by atoms with van der Waals surface area (Å²) in [6.45, 7) is 5.49. The lowest BCUT2D eigenvalue weighted by Crippen LogP contribution is -2.57. The summed E-state index contributed by atoms with van der Waals surface area (Å²) in [5.41, 5.74) is 6.68. The van der Waals surface area contributed by atoms with Crippen LogP contribution in [0.4, 0.5) is 0 Å². The molecule has 0 aromatic carbocycles. The second-order valence-electron chi connectivity index (χ2n) is 8.01. The quantitative estimate of drug-likeness (QED) is 0.326. The Morgan fingerprint density at radius 1 is 1.32 bits per heavy atom. The molecule has 6 N–H and O–H groups in total. The van der Waals surface area contributed by atoms with Gasteiger partial charge in [0.15, 0.2) is 0 Å². The Labute approximate surface area is 181 Å². The van der Waals surface area contributed by atoms with Gasteiger partial charge in [0.2, 0.25) is 17.7 Å². The van der Waals surface area contributed by atoms with Crippen LogP contribution in [0.1, 0.15) is 45.7 Å². The maximum Gasteiger partial charge on any atom is 0.325 e. The molecule has 1 fully saturated rings. The largest absolute Gasteiger partial charge is 0.480 e. The van der Waals surface area contributed by atoms with Crippen LogP contribution in [0.3, 0.4) is 0 Å². The number of carbonyl (C=O) groups is 4. The first-order valence-electron chi connectivity index (χ1n) is 10.5. The van der Waals surface area contributed by atoms with Crippen molar-refractivity contribution in [1.29, 1.82) is 0 Å². The van der Waals surface area contributed by atoms with E-state index in [2.05, 4.69) is 20.6 Å². The molecule has 1 aromatic heterocycles. The normalized spacial score (nSPS) is 19.9. The lowest BCUT2D eigenvalue weighted by atomic mass is 9.98. The van der Waals surface area contributed by atoms with Crippen molar-refractivity contribution in [2.45, 2.75) is 70.6 Å². The number of hydrogen-bond donors (Lipinski definition) is 5. The van der Waals surface area contributed by atoms with Crippen LogP contribution in [-0.2, 0) is 25.6 Å². The van der Waals surface area contributed by atoms with Crippen LogP contribution >= 0.6 is 0 Å². The van der Waals surface area contributed by atoms with E-state index >= 15 is 0 Å². The zero-order valence-corrected chi connectivity index (χ0v) is 18.1. The molecular weight excluding hydrogens is 404 g/mol. The van der Waals surface area contributed by atoms with Crippen molar-refractivity contribution in [2.24, 2.45) is 11.7 Å². The molecule has 1 aliphatic heterocycles. The minimum atomic E-state index is -1.16. The van der Waals surface area contributed by atoms with Crippen LogP contribution in [0.2, 0.25) is 0 Å². The molecule has 2 rings (SSSR count). The zero-order chi connectivity index (χ0) is 23.1. The van der Waals surface area contributed by atoms with E-state index in [1.54, 1.807) is 6.20 Å². The Morgan fingerprint density at radius 2 is 2.03 bits per heavy atom. The second kappa shape index (κ2) is 10.9. The van der Waals surface area contributed by atoms with Crippen molar-refractivity contribution >= 4 is 23.7 Å². The molecule has 1 saturated heterocycles. The van der Waals surface area contributed by atoms with Gasteiger partial charge in [0.1, 0.15) is 18.1 Å². The maximum atomic E-state index is 13.3. The number of carboxylic acids is 1. The number of aliphatic carboxylic acids is 1. The van der Waals surface area contributed by atoms with Gasteiger partial charge in [-0.25, -0.2) is 4.98 Å². The molecule has 0 spiro atoms. The topological polar surface area (TPSA) is 171 Å². The molecule has 0 radical (unpaired) electrons. The zero-order valence-electron chi connectivity index (χ0n) is 18.1. The lowest BCUT2D eigenvalue weighted by molar-refractivity contribution is -0.144. The SMILES string of the molecule is CCC(C)C(N)C(=O)NC(Cc1cnc[nH]1)C(=O)N1CCCC1C(=O)NC(C)C(=O)O. The van der Waals surface area contributed by atoms with Crippen LogP contribution in [0.15, 0.2) is 12.5 Å². The van der Waals surface area contributed by atoms with E-state index in [9.17, 15) is 19.2 Å². The van der Waals surface area contributed by atoms with Crippen molar-refractivity contribution in [1.82, 2.24) is 25.5 Å². The molecule has 1 aliphatic rings. The highest BCUT2D eigenvalue weighted by Crippen LogP contribution is 2.20. The number of rotatable bonds is 10. The summed E-state index contributed by atoms with van der Waals surface area (Å²) in [5.74, 6) is -2.60. The number of carbonyl (C=O) groups excluding carboxylic acids is 3. The van der Waals surface area contributed by atoms with Crippen molar-refractivity contribution < 1.29 is 24.3 Å². The molecule has 3 amide bonds. The molecule has 1 aromatic rings. The number of nitrogens with one attached hydrogen (secondary N) is 3. The third-order valence-corrected chi connectivity index (χ3v) is 5.72. The van der Waals surface area contributed by atoms with Gasteiger partial charge < -0.3 is 31.4 Å². The predicted molar refractivity (Wildman–Crippen MR) is 112 cm³/mol. The van der Waals surface area contributed by atoms with Crippen molar-refractivity contribution in [3.63, 3.8) is 0 Å². The summed E-state index contributed by atoms with van der Waals surface area (Å²) in [6, 6.07) is -3.57. The number of imidazole rings is 1. The van der Waals surface area contributed by atoms with Crippen LogP contribution in [0, 0.1) is 5.92 Å². The molecule has 5 atom stereocenters. The number of aromatic amines is 1. The Balaban J connectivity index is 2.17. The van der Waals surface area contributed by atoms with Crippen LogP contribution < -0.4 is 16.4 Å². The van der Waals surface area contributed by atoms with Gasteiger partial charge in [-0.05, 0) is 25.7 Å². The summed E-state index contributed by atoms with van der Waals surface area (Å²) in [4.78, 5) is 57.9. The van der Waals surface area contributed by atoms with Crippen LogP contribution in [-0.4, -0.2) is 74.4 Å². The van der Waals surface area contributed by atoms with Gasteiger partial charge in [-0.2, -0.15) is 0 Å². The molecule has 5 unspecified atom stereocenters.